The second-order valence-electron chi connectivity index (χ2n) is 19.3. The molecule has 4 rings (SSSR count). The maximum atomic E-state index is 14.9. The summed E-state index contributed by atoms with van der Waals surface area (Å²) < 4.78 is 0. The minimum atomic E-state index is -1.52. The fourth-order valence-electron chi connectivity index (χ4n) is 8.98. The third-order valence-electron chi connectivity index (χ3n) is 13.2. The van der Waals surface area contributed by atoms with Crippen molar-refractivity contribution in [2.24, 2.45) is 56.2 Å². The van der Waals surface area contributed by atoms with Gasteiger partial charge in [0.25, 0.3) is 0 Å². The highest BCUT2D eigenvalue weighted by molar-refractivity contribution is 5.98. The van der Waals surface area contributed by atoms with Crippen LogP contribution in [0, 0.1) is 18.8 Å². The summed E-state index contributed by atoms with van der Waals surface area (Å²) in [6.07, 6.45) is 0.0537. The van der Waals surface area contributed by atoms with Crippen molar-refractivity contribution in [2.45, 2.75) is 134 Å². The van der Waals surface area contributed by atoms with Gasteiger partial charge >= 0.3 is 0 Å². The molecule has 3 aromatic rings. The topological polar surface area (TPSA) is 440 Å². The van der Waals surface area contributed by atoms with Gasteiger partial charge in [-0.2, -0.15) is 0 Å². The fourth-order valence-corrected chi connectivity index (χ4v) is 8.98. The van der Waals surface area contributed by atoms with E-state index in [1.807, 2.05) is 37.3 Å². The molecule has 7 atom stereocenters. The molecule has 25 nitrogen and oxygen atoms in total. The number of aliphatic imine (C=N–C) groups is 2. The van der Waals surface area contributed by atoms with Crippen molar-refractivity contribution in [3.05, 3.63) is 71.4 Å². The summed E-state index contributed by atoms with van der Waals surface area (Å²) in [5, 5.41) is 16.7. The van der Waals surface area contributed by atoms with Crippen LogP contribution in [-0.2, 0) is 60.8 Å². The van der Waals surface area contributed by atoms with Gasteiger partial charge in [0, 0.05) is 81.2 Å². The average Bonchev–Trinajstić information content (AvgIpc) is 3.78. The van der Waals surface area contributed by atoms with E-state index < -0.39 is 120 Å². The first-order valence-corrected chi connectivity index (χ1v) is 25.7. The Morgan fingerprint density at radius 2 is 1.38 bits per heavy atom. The van der Waals surface area contributed by atoms with Gasteiger partial charge in [0.2, 0.25) is 47.3 Å². The van der Waals surface area contributed by atoms with Crippen LogP contribution in [0.4, 0.5) is 0 Å². The number of Topliss-reactive ketones (excluding diaryl/α,β-unsaturated/α-hetero) is 2. The average molecular weight is 1070 g/mol. The highest BCUT2D eigenvalue weighted by Crippen LogP contribution is 2.26. The number of benzene rings is 2. The summed E-state index contributed by atoms with van der Waals surface area (Å²) in [5.41, 5.74) is 36.3. The lowest BCUT2D eigenvalue weighted by molar-refractivity contribution is -0.135. The predicted molar refractivity (Wildman–Crippen MR) is 287 cm³/mol. The van der Waals surface area contributed by atoms with E-state index in [1.165, 1.54) is 6.92 Å². The summed E-state index contributed by atoms with van der Waals surface area (Å²) in [5.74, 6) is -9.77. The van der Waals surface area contributed by atoms with Gasteiger partial charge in [0.1, 0.15) is 30.0 Å². The lowest BCUT2D eigenvalue weighted by atomic mass is 9.83. The molecule has 1 fully saturated rings. The van der Waals surface area contributed by atoms with Crippen molar-refractivity contribution in [3.8, 4) is 0 Å². The largest absolute Gasteiger partial charge is 0.370 e. The Hall–Kier alpha value is -8.38. The van der Waals surface area contributed by atoms with E-state index in [-0.39, 0.29) is 102 Å². The van der Waals surface area contributed by atoms with Crippen molar-refractivity contribution in [2.75, 3.05) is 19.6 Å². The Balaban J connectivity index is 1.80. The molecule has 1 aromatic heterocycles. The van der Waals surface area contributed by atoms with Crippen molar-refractivity contribution < 1.29 is 47.9 Å². The number of aryl methyl sites for hydroxylation is 1. The lowest BCUT2D eigenvalue weighted by Gasteiger charge is -2.27. The monoisotopic (exact) mass is 1070 g/mol. The van der Waals surface area contributed by atoms with Gasteiger partial charge in [-0.05, 0) is 93.9 Å². The first-order valence-electron chi connectivity index (χ1n) is 25.7. The number of H-pyrrole nitrogens is 1. The molecule has 1 aliphatic rings. The van der Waals surface area contributed by atoms with Gasteiger partial charge < -0.3 is 71.3 Å². The van der Waals surface area contributed by atoms with Crippen LogP contribution in [0.1, 0.15) is 101 Å². The number of nitrogens with one attached hydrogen (secondary N) is 7. The van der Waals surface area contributed by atoms with E-state index in [9.17, 15) is 47.9 Å². The van der Waals surface area contributed by atoms with Gasteiger partial charge in [-0.15, -0.1) is 0 Å². The van der Waals surface area contributed by atoms with Gasteiger partial charge in [-0.3, -0.25) is 57.9 Å². The second kappa shape index (κ2) is 30.9. The smallest absolute Gasteiger partial charge is 0.243 e. The Morgan fingerprint density at radius 1 is 0.714 bits per heavy atom. The fraction of sp³-hybridized carbons (Fsp3) is 0.500. The van der Waals surface area contributed by atoms with E-state index >= 15 is 0 Å². The number of aromatic amines is 1. The number of ketones is 2. The van der Waals surface area contributed by atoms with E-state index in [0.717, 1.165) is 16.5 Å². The van der Waals surface area contributed by atoms with Crippen LogP contribution in [-0.4, -0.2) is 126 Å². The molecule has 2 aromatic carbocycles. The number of carbonyl (C=O) groups excluding carboxylic acids is 10. The number of nitrogens with two attached hydrogens (primary N) is 6. The first kappa shape index (κ1) is 61.2. The molecule has 25 heteroatoms. The van der Waals surface area contributed by atoms with Crippen molar-refractivity contribution in [1.29, 1.82) is 0 Å². The quantitative estimate of drug-likeness (QED) is 0.0366. The number of amides is 8. The second-order valence-corrected chi connectivity index (χ2v) is 19.3. The van der Waals surface area contributed by atoms with Gasteiger partial charge in [-0.25, -0.2) is 0 Å². The summed E-state index contributed by atoms with van der Waals surface area (Å²) in [6.45, 7) is 3.16. The Labute approximate surface area is 446 Å². The molecule has 1 saturated heterocycles. The molecule has 0 spiro atoms. The zero-order chi connectivity index (χ0) is 56.6. The molecule has 8 amide bonds. The summed E-state index contributed by atoms with van der Waals surface area (Å²) >= 11 is 0. The molecule has 2 heterocycles. The van der Waals surface area contributed by atoms with Gasteiger partial charge in [0.05, 0.1) is 6.04 Å². The summed E-state index contributed by atoms with van der Waals surface area (Å²) in [4.78, 5) is 148. The number of hydrogen-bond acceptors (Lipinski definition) is 12. The standard InChI is InChI=1S/C52H75N15O10/c1-29-10-3-4-11-31(29)25-41-43(70)26-32(12-7-22-60-51(55)56)42(69)27-33(24-34-28-62-36-14-6-5-13-35(34)36)47(74)64-37(46(54)73)18-20-45(72)59-21-8-16-39(49(76)66-40(50(77)67-41)17-19-44(53)71)65-48(75)38(63-30(2)68)15-9-23-61-52(57)58/h3-6,10-11,13-14,28,32-33,37-41,62H,7-9,12,15-27H2,1-2H3,(H2,53,71)(H2,54,73)(H,59,72)(H,63,68)(H,64,74)(H,65,75)(H,66,76)(H,67,77)(H4,55,56,60)(H4,57,58,61)/t32-,33-,37+,38+,39+,40+,41-/m1/s1. The molecule has 0 radical (unpaired) electrons. The van der Waals surface area contributed by atoms with Crippen LogP contribution in [0.25, 0.3) is 10.9 Å². The molecule has 0 unspecified atom stereocenters. The van der Waals surface area contributed by atoms with Crippen LogP contribution in [0.2, 0.25) is 0 Å². The SMILES string of the molecule is CC(=O)N[C@@H](CCCN=C(N)N)C(=O)N[C@H]1CCCNC(=O)CC[C@@H](C(N)=O)NC(=O)[C@H](Cc2c[nH]c3ccccc23)CC(=O)[C@H](CCCN=C(N)N)CC(=O)[C@@H](Cc2ccccc2C)NC(=O)[C@H](CCC(N)=O)NC1=O. The van der Waals surface area contributed by atoms with E-state index in [0.29, 0.717) is 11.1 Å². The number of rotatable bonds is 19. The number of primary amides is 2. The molecule has 19 N–H and O–H groups in total. The molecule has 1 aliphatic heterocycles. The number of nitrogens with zero attached hydrogens (tertiary/aromatic N) is 2. The highest BCUT2D eigenvalue weighted by atomic mass is 16.2. The molecular weight excluding hydrogens is 995 g/mol. The number of fused-ring (bicyclic) bond motifs is 1. The van der Waals surface area contributed by atoms with E-state index in [2.05, 4.69) is 46.9 Å². The number of aromatic nitrogens is 1. The van der Waals surface area contributed by atoms with Crippen molar-refractivity contribution >= 4 is 81.6 Å². The van der Waals surface area contributed by atoms with Crippen LogP contribution in [0.15, 0.2) is 64.7 Å². The molecule has 0 aliphatic carbocycles. The van der Waals surface area contributed by atoms with Crippen LogP contribution >= 0.6 is 0 Å². The van der Waals surface area contributed by atoms with Crippen molar-refractivity contribution in [3.63, 3.8) is 0 Å². The summed E-state index contributed by atoms with van der Waals surface area (Å²) in [6, 6.07) is 7.69. The molecule has 0 bridgehead atoms. The molecule has 77 heavy (non-hydrogen) atoms. The number of carbonyl (C=O) groups is 10. The number of guanidine groups is 2. The van der Waals surface area contributed by atoms with Crippen LogP contribution < -0.4 is 66.3 Å². The minimum Gasteiger partial charge on any atom is -0.370 e. The molecule has 0 saturated carbocycles. The Morgan fingerprint density at radius 3 is 2.05 bits per heavy atom. The molecular formula is C52H75N15O10. The lowest BCUT2D eigenvalue weighted by Crippen LogP contribution is -2.58. The summed E-state index contributed by atoms with van der Waals surface area (Å²) in [7, 11) is 0. The maximum Gasteiger partial charge on any atom is 0.243 e. The van der Waals surface area contributed by atoms with E-state index in [1.54, 1.807) is 24.4 Å². The highest BCUT2D eigenvalue weighted by Gasteiger charge is 2.35. The molecule has 418 valence electrons. The van der Waals surface area contributed by atoms with Crippen molar-refractivity contribution in [1.82, 2.24) is 36.9 Å². The van der Waals surface area contributed by atoms with Crippen LogP contribution in [0.3, 0.4) is 0 Å². The zero-order valence-electron chi connectivity index (χ0n) is 43.7. The Kier molecular flexibility index (Phi) is 24.5. The van der Waals surface area contributed by atoms with Crippen LogP contribution in [0.5, 0.6) is 0 Å². The Bertz CT molecular complexity index is 2640. The first-order chi connectivity index (χ1) is 36.6. The third kappa shape index (κ3) is 21.0. The minimum absolute atomic E-state index is 0.0152. The van der Waals surface area contributed by atoms with E-state index in [4.69, 9.17) is 34.4 Å². The number of hydrogen-bond donors (Lipinski definition) is 13. The third-order valence-corrected chi connectivity index (χ3v) is 13.2. The normalized spacial score (nSPS) is 21.0. The zero-order valence-corrected chi connectivity index (χ0v) is 43.7. The van der Waals surface area contributed by atoms with Gasteiger partial charge in [0.15, 0.2) is 17.7 Å². The predicted octanol–water partition coefficient (Wildman–Crippen LogP) is -1.60. The number of para-hydroxylation sites is 1. The maximum absolute atomic E-state index is 14.9. The van der Waals surface area contributed by atoms with Gasteiger partial charge in [-0.1, -0.05) is 42.5 Å².